The van der Waals surface area contributed by atoms with Crippen molar-refractivity contribution in [3.8, 4) is 0 Å². The lowest BCUT2D eigenvalue weighted by Crippen LogP contribution is -2.04. The molecule has 0 spiro atoms. The Morgan fingerprint density at radius 2 is 1.95 bits per heavy atom. The van der Waals surface area contributed by atoms with Crippen LogP contribution in [0.2, 0.25) is 5.02 Å². The van der Waals surface area contributed by atoms with Gasteiger partial charge in [-0.2, -0.15) is 0 Å². The van der Waals surface area contributed by atoms with Crippen molar-refractivity contribution in [2.24, 2.45) is 0 Å². The molecule has 5 nitrogen and oxygen atoms in total. The quantitative estimate of drug-likeness (QED) is 0.880. The van der Waals surface area contributed by atoms with Gasteiger partial charge in [-0.1, -0.05) is 23.7 Å². The lowest BCUT2D eigenvalue weighted by atomic mass is 10.3. The van der Waals surface area contributed by atoms with E-state index in [1.165, 1.54) is 0 Å². The van der Waals surface area contributed by atoms with Crippen molar-refractivity contribution in [2.75, 3.05) is 24.8 Å². The standard InChI is InChI=1S/C13H15ClN4O/c1-15-11-7-12(18-13(17-11)8-19-2)16-10-6-4-3-5-9(10)14/h3-7H,8H2,1-2H3,(H2,15,16,17,18). The molecule has 0 atom stereocenters. The molecule has 0 saturated carbocycles. The molecule has 0 radical (unpaired) electrons. The first-order chi connectivity index (χ1) is 9.22. The summed E-state index contributed by atoms with van der Waals surface area (Å²) in [6.07, 6.45) is 0. The van der Waals surface area contributed by atoms with E-state index in [2.05, 4.69) is 20.6 Å². The van der Waals surface area contributed by atoms with Crippen molar-refractivity contribution >= 4 is 28.9 Å². The summed E-state index contributed by atoms with van der Waals surface area (Å²) in [5.74, 6) is 1.99. The number of benzene rings is 1. The molecule has 2 rings (SSSR count). The zero-order valence-corrected chi connectivity index (χ0v) is 11.5. The first-order valence-corrected chi connectivity index (χ1v) is 6.17. The van der Waals surface area contributed by atoms with Crippen molar-refractivity contribution in [3.05, 3.63) is 41.2 Å². The van der Waals surface area contributed by atoms with Gasteiger partial charge in [0.25, 0.3) is 0 Å². The number of nitrogens with zero attached hydrogens (tertiary/aromatic N) is 2. The summed E-state index contributed by atoms with van der Waals surface area (Å²) in [7, 11) is 3.41. The van der Waals surface area contributed by atoms with Crippen LogP contribution >= 0.6 is 11.6 Å². The van der Waals surface area contributed by atoms with Crippen molar-refractivity contribution < 1.29 is 4.74 Å². The molecule has 2 aromatic rings. The van der Waals surface area contributed by atoms with E-state index in [-0.39, 0.29) is 0 Å². The fourth-order valence-corrected chi connectivity index (χ4v) is 1.77. The van der Waals surface area contributed by atoms with E-state index in [9.17, 15) is 0 Å². The predicted octanol–water partition coefficient (Wildman–Crippen LogP) is 3.06. The molecule has 100 valence electrons. The topological polar surface area (TPSA) is 59.1 Å². The van der Waals surface area contributed by atoms with E-state index in [1.54, 1.807) is 14.2 Å². The Kier molecular flexibility index (Phi) is 4.54. The molecule has 1 aromatic heterocycles. The number of anilines is 3. The van der Waals surface area contributed by atoms with Crippen LogP contribution in [0.25, 0.3) is 0 Å². The molecule has 0 aliphatic heterocycles. The summed E-state index contributed by atoms with van der Waals surface area (Å²) in [6.45, 7) is 0.354. The molecule has 0 aliphatic rings. The third-order valence-electron chi connectivity index (χ3n) is 2.44. The van der Waals surface area contributed by atoms with E-state index in [1.807, 2.05) is 30.3 Å². The molecule has 1 aromatic carbocycles. The lowest BCUT2D eigenvalue weighted by Gasteiger charge is -2.10. The zero-order valence-electron chi connectivity index (χ0n) is 10.8. The fraction of sp³-hybridized carbons (Fsp3) is 0.231. The zero-order chi connectivity index (χ0) is 13.7. The summed E-state index contributed by atoms with van der Waals surface area (Å²) in [5, 5.41) is 6.79. The van der Waals surface area contributed by atoms with Crippen LogP contribution in [0.1, 0.15) is 5.82 Å². The van der Waals surface area contributed by atoms with Crippen molar-refractivity contribution in [1.29, 1.82) is 0 Å². The van der Waals surface area contributed by atoms with Crippen LogP contribution in [0.3, 0.4) is 0 Å². The van der Waals surface area contributed by atoms with E-state index in [0.29, 0.717) is 23.3 Å². The van der Waals surface area contributed by atoms with Crippen LogP contribution in [0.4, 0.5) is 17.3 Å². The maximum absolute atomic E-state index is 6.10. The predicted molar refractivity (Wildman–Crippen MR) is 77.0 cm³/mol. The van der Waals surface area contributed by atoms with Gasteiger partial charge in [-0.3, -0.25) is 0 Å². The summed E-state index contributed by atoms with van der Waals surface area (Å²) >= 11 is 6.10. The van der Waals surface area contributed by atoms with Gasteiger partial charge in [-0.25, -0.2) is 9.97 Å². The number of rotatable bonds is 5. The molecule has 0 bridgehead atoms. The Morgan fingerprint density at radius 1 is 1.21 bits per heavy atom. The van der Waals surface area contributed by atoms with Gasteiger partial charge in [0.1, 0.15) is 18.2 Å². The molecule has 1 heterocycles. The molecule has 0 amide bonds. The second-order valence-corrected chi connectivity index (χ2v) is 4.25. The summed E-state index contributed by atoms with van der Waals surface area (Å²) < 4.78 is 5.05. The second-order valence-electron chi connectivity index (χ2n) is 3.84. The average Bonchev–Trinajstić information content (AvgIpc) is 2.41. The van der Waals surface area contributed by atoms with Crippen LogP contribution in [0, 0.1) is 0 Å². The number of hydrogen-bond donors (Lipinski definition) is 2. The lowest BCUT2D eigenvalue weighted by molar-refractivity contribution is 0.178. The highest BCUT2D eigenvalue weighted by Crippen LogP contribution is 2.24. The molecule has 6 heteroatoms. The summed E-state index contributed by atoms with van der Waals surface area (Å²) in [6, 6.07) is 9.30. The minimum absolute atomic E-state index is 0.354. The number of halogens is 1. The van der Waals surface area contributed by atoms with Gasteiger partial charge in [0.15, 0.2) is 5.82 Å². The third-order valence-corrected chi connectivity index (χ3v) is 2.77. The number of ether oxygens (including phenoxy) is 1. The highest BCUT2D eigenvalue weighted by Gasteiger charge is 2.05. The van der Waals surface area contributed by atoms with Gasteiger partial charge in [0.2, 0.25) is 0 Å². The van der Waals surface area contributed by atoms with Gasteiger partial charge in [0.05, 0.1) is 10.7 Å². The van der Waals surface area contributed by atoms with Crippen LogP contribution in [-0.2, 0) is 11.3 Å². The third kappa shape index (κ3) is 3.56. The number of aromatic nitrogens is 2. The number of methoxy groups -OCH3 is 1. The number of nitrogens with one attached hydrogen (secondary N) is 2. The van der Waals surface area contributed by atoms with E-state index < -0.39 is 0 Å². The van der Waals surface area contributed by atoms with E-state index in [4.69, 9.17) is 16.3 Å². The number of hydrogen-bond acceptors (Lipinski definition) is 5. The van der Waals surface area contributed by atoms with Crippen LogP contribution in [0.15, 0.2) is 30.3 Å². The highest BCUT2D eigenvalue weighted by molar-refractivity contribution is 6.33. The van der Waals surface area contributed by atoms with Gasteiger partial charge in [-0.15, -0.1) is 0 Å². The van der Waals surface area contributed by atoms with Crippen LogP contribution in [0.5, 0.6) is 0 Å². The largest absolute Gasteiger partial charge is 0.377 e. The van der Waals surface area contributed by atoms with Gasteiger partial charge in [-0.05, 0) is 12.1 Å². The normalized spacial score (nSPS) is 10.3. The van der Waals surface area contributed by atoms with Crippen molar-refractivity contribution in [2.45, 2.75) is 6.61 Å². The first-order valence-electron chi connectivity index (χ1n) is 5.79. The average molecular weight is 279 g/mol. The Morgan fingerprint density at radius 3 is 2.63 bits per heavy atom. The van der Waals surface area contributed by atoms with Crippen molar-refractivity contribution in [1.82, 2.24) is 9.97 Å². The van der Waals surface area contributed by atoms with Gasteiger partial charge < -0.3 is 15.4 Å². The molecule has 19 heavy (non-hydrogen) atoms. The van der Waals surface area contributed by atoms with Crippen LogP contribution < -0.4 is 10.6 Å². The Labute approximate surface area is 117 Å². The van der Waals surface area contributed by atoms with Crippen molar-refractivity contribution in [3.63, 3.8) is 0 Å². The maximum Gasteiger partial charge on any atom is 0.158 e. The molecular weight excluding hydrogens is 264 g/mol. The number of para-hydroxylation sites is 1. The van der Waals surface area contributed by atoms with Gasteiger partial charge in [0, 0.05) is 20.2 Å². The second kappa shape index (κ2) is 6.36. The minimum atomic E-state index is 0.354. The van der Waals surface area contributed by atoms with E-state index >= 15 is 0 Å². The first kappa shape index (κ1) is 13.6. The highest BCUT2D eigenvalue weighted by atomic mass is 35.5. The fourth-order valence-electron chi connectivity index (χ4n) is 1.58. The molecule has 0 fully saturated rings. The Balaban J connectivity index is 2.29. The smallest absolute Gasteiger partial charge is 0.158 e. The Bertz CT molecular complexity index is 562. The molecular formula is C13H15ClN4O. The summed E-state index contributed by atoms with van der Waals surface area (Å²) in [4.78, 5) is 8.65. The molecule has 0 unspecified atom stereocenters. The summed E-state index contributed by atoms with van der Waals surface area (Å²) in [5.41, 5.74) is 0.799. The molecule has 0 aliphatic carbocycles. The Hall–Kier alpha value is -1.85. The molecule has 0 saturated heterocycles. The molecule has 2 N–H and O–H groups in total. The maximum atomic E-state index is 6.10. The minimum Gasteiger partial charge on any atom is -0.377 e. The SMILES string of the molecule is CNc1cc(Nc2ccccc2Cl)nc(COC)n1. The van der Waals surface area contributed by atoms with Gasteiger partial charge >= 0.3 is 0 Å². The monoisotopic (exact) mass is 278 g/mol. The van der Waals surface area contributed by atoms with E-state index in [0.717, 1.165) is 11.5 Å². The van der Waals surface area contributed by atoms with Crippen LogP contribution in [-0.4, -0.2) is 24.1 Å².